The molecule has 1 aromatic carbocycles. The van der Waals surface area contributed by atoms with E-state index in [9.17, 15) is 19.7 Å². The molecule has 2 fully saturated rings. The van der Waals surface area contributed by atoms with Crippen LogP contribution in [-0.4, -0.2) is 60.7 Å². The Morgan fingerprint density at radius 3 is 2.41 bits per heavy atom. The molecular weight excluding hydrogens is 376 g/mol. The van der Waals surface area contributed by atoms with Gasteiger partial charge in [-0.05, 0) is 38.7 Å². The van der Waals surface area contributed by atoms with Crippen molar-refractivity contribution in [2.24, 2.45) is 5.92 Å². The molecular formula is C20H28N4O5. The first kappa shape index (κ1) is 20.9. The van der Waals surface area contributed by atoms with Crippen molar-refractivity contribution in [1.82, 2.24) is 10.2 Å². The molecule has 2 aliphatic rings. The number of anilines is 1. The predicted octanol–water partition coefficient (Wildman–Crippen LogP) is 2.55. The van der Waals surface area contributed by atoms with E-state index in [1.54, 1.807) is 30.0 Å². The van der Waals surface area contributed by atoms with Gasteiger partial charge in [0.05, 0.1) is 11.5 Å². The van der Waals surface area contributed by atoms with Crippen molar-refractivity contribution in [1.29, 1.82) is 0 Å². The summed E-state index contributed by atoms with van der Waals surface area (Å²) in [5.74, 6) is -0.0427. The first-order valence-electron chi connectivity index (χ1n) is 10.2. The van der Waals surface area contributed by atoms with Crippen molar-refractivity contribution in [2.75, 3.05) is 37.7 Å². The van der Waals surface area contributed by atoms with E-state index in [0.717, 1.165) is 12.8 Å². The quantitative estimate of drug-likeness (QED) is 0.597. The first-order valence-corrected chi connectivity index (χ1v) is 10.2. The van der Waals surface area contributed by atoms with E-state index in [2.05, 4.69) is 5.32 Å². The fraction of sp³-hybridized carbons (Fsp3) is 0.600. The van der Waals surface area contributed by atoms with E-state index in [4.69, 9.17) is 4.74 Å². The summed E-state index contributed by atoms with van der Waals surface area (Å²) in [6.45, 7) is 4.54. The van der Waals surface area contributed by atoms with Crippen LogP contribution in [0.3, 0.4) is 0 Å². The minimum atomic E-state index is -0.364. The van der Waals surface area contributed by atoms with Crippen LogP contribution >= 0.6 is 0 Å². The number of piperidine rings is 2. The van der Waals surface area contributed by atoms with Crippen LogP contribution in [0, 0.1) is 16.0 Å². The van der Waals surface area contributed by atoms with Crippen LogP contribution in [0.25, 0.3) is 0 Å². The molecule has 0 radical (unpaired) electrons. The van der Waals surface area contributed by atoms with Gasteiger partial charge in [-0.25, -0.2) is 4.79 Å². The lowest BCUT2D eigenvalue weighted by molar-refractivity contribution is -0.384. The lowest BCUT2D eigenvalue weighted by Gasteiger charge is -2.35. The fourth-order valence-corrected chi connectivity index (χ4v) is 4.01. The number of likely N-dealkylation sites (tertiary alicyclic amines) is 1. The smallest absolute Gasteiger partial charge is 0.409 e. The number of hydrogen-bond donors (Lipinski definition) is 1. The Hall–Kier alpha value is -2.84. The van der Waals surface area contributed by atoms with Crippen LogP contribution in [0.2, 0.25) is 0 Å². The molecule has 0 unspecified atom stereocenters. The molecule has 9 heteroatoms. The van der Waals surface area contributed by atoms with Gasteiger partial charge in [-0.15, -0.1) is 0 Å². The summed E-state index contributed by atoms with van der Waals surface area (Å²) in [4.78, 5) is 39.0. The number of nitro benzene ring substituents is 1. The summed E-state index contributed by atoms with van der Waals surface area (Å²) in [7, 11) is 0. The summed E-state index contributed by atoms with van der Waals surface area (Å²) in [5, 5.41) is 14.4. The number of nitrogens with zero attached hydrogens (tertiary/aromatic N) is 3. The number of rotatable bonds is 5. The Labute approximate surface area is 170 Å². The average molecular weight is 404 g/mol. The molecule has 0 spiro atoms. The highest BCUT2D eigenvalue weighted by Crippen LogP contribution is 2.31. The number of nitrogens with one attached hydrogen (secondary N) is 1. The fourth-order valence-electron chi connectivity index (χ4n) is 4.01. The molecule has 2 amide bonds. The standard InChI is InChI=1S/C20H28N4O5/c1-2-29-20(26)23-13-9-16(10-14-23)21-19(25)15-7-11-22(12-8-15)17-5-3-4-6-18(17)24(27)28/h3-6,15-16H,2,7-14H2,1H3,(H,21,25). The summed E-state index contributed by atoms with van der Waals surface area (Å²) in [6, 6.07) is 6.80. The molecule has 29 heavy (non-hydrogen) atoms. The van der Waals surface area contributed by atoms with Gasteiger partial charge < -0.3 is 19.9 Å². The lowest BCUT2D eigenvalue weighted by atomic mass is 9.94. The van der Waals surface area contributed by atoms with Gasteiger partial charge in [0.1, 0.15) is 5.69 Å². The number of ether oxygens (including phenoxy) is 1. The van der Waals surface area contributed by atoms with Crippen molar-refractivity contribution >= 4 is 23.4 Å². The van der Waals surface area contributed by atoms with Crippen LogP contribution in [-0.2, 0) is 9.53 Å². The third kappa shape index (κ3) is 5.16. The number of benzene rings is 1. The zero-order chi connectivity index (χ0) is 20.8. The van der Waals surface area contributed by atoms with Gasteiger partial charge in [0, 0.05) is 44.2 Å². The molecule has 0 atom stereocenters. The Morgan fingerprint density at radius 2 is 1.79 bits per heavy atom. The molecule has 3 rings (SSSR count). The number of carbonyl (C=O) groups excluding carboxylic acids is 2. The molecule has 2 heterocycles. The average Bonchev–Trinajstić information content (AvgIpc) is 2.74. The molecule has 2 aliphatic heterocycles. The summed E-state index contributed by atoms with van der Waals surface area (Å²) in [6.07, 6.45) is 2.48. The Bertz CT molecular complexity index is 740. The molecule has 9 nitrogen and oxygen atoms in total. The molecule has 2 saturated heterocycles. The second-order valence-electron chi connectivity index (χ2n) is 7.48. The Kier molecular flexibility index (Phi) is 6.90. The zero-order valence-corrected chi connectivity index (χ0v) is 16.7. The maximum absolute atomic E-state index is 12.7. The topological polar surface area (TPSA) is 105 Å². The van der Waals surface area contributed by atoms with E-state index in [1.165, 1.54) is 6.07 Å². The number of para-hydroxylation sites is 2. The second-order valence-corrected chi connectivity index (χ2v) is 7.48. The number of hydrogen-bond acceptors (Lipinski definition) is 6. The Morgan fingerprint density at radius 1 is 1.14 bits per heavy atom. The summed E-state index contributed by atoms with van der Waals surface area (Å²) in [5.41, 5.74) is 0.714. The largest absolute Gasteiger partial charge is 0.450 e. The Balaban J connectivity index is 1.46. The monoisotopic (exact) mass is 404 g/mol. The van der Waals surface area contributed by atoms with E-state index >= 15 is 0 Å². The molecule has 158 valence electrons. The van der Waals surface area contributed by atoms with E-state index in [0.29, 0.717) is 51.3 Å². The minimum absolute atomic E-state index is 0.0433. The minimum Gasteiger partial charge on any atom is -0.450 e. The highest BCUT2D eigenvalue weighted by Gasteiger charge is 2.30. The van der Waals surface area contributed by atoms with Crippen LogP contribution in [0.5, 0.6) is 0 Å². The van der Waals surface area contributed by atoms with Crippen molar-refractivity contribution in [3.05, 3.63) is 34.4 Å². The van der Waals surface area contributed by atoms with Gasteiger partial charge >= 0.3 is 6.09 Å². The van der Waals surface area contributed by atoms with Crippen LogP contribution in [0.1, 0.15) is 32.6 Å². The predicted molar refractivity (Wildman–Crippen MR) is 108 cm³/mol. The van der Waals surface area contributed by atoms with Crippen molar-refractivity contribution in [3.8, 4) is 0 Å². The SMILES string of the molecule is CCOC(=O)N1CCC(NC(=O)C2CCN(c3ccccc3[N+](=O)[O-])CC2)CC1. The molecule has 0 saturated carbocycles. The van der Waals surface area contributed by atoms with Gasteiger partial charge in [-0.1, -0.05) is 12.1 Å². The summed E-state index contributed by atoms with van der Waals surface area (Å²) >= 11 is 0. The highest BCUT2D eigenvalue weighted by molar-refractivity contribution is 5.79. The number of nitro groups is 1. The van der Waals surface area contributed by atoms with Crippen LogP contribution < -0.4 is 10.2 Å². The maximum Gasteiger partial charge on any atom is 0.409 e. The lowest BCUT2D eigenvalue weighted by Crippen LogP contribution is -2.49. The van der Waals surface area contributed by atoms with E-state index in [1.807, 2.05) is 4.90 Å². The maximum atomic E-state index is 12.7. The molecule has 1 N–H and O–H groups in total. The second kappa shape index (κ2) is 9.58. The molecule has 0 bridgehead atoms. The van der Waals surface area contributed by atoms with Crippen molar-refractivity contribution in [2.45, 2.75) is 38.6 Å². The van der Waals surface area contributed by atoms with E-state index in [-0.39, 0.29) is 34.6 Å². The molecule has 0 aromatic heterocycles. The van der Waals surface area contributed by atoms with E-state index < -0.39 is 0 Å². The van der Waals surface area contributed by atoms with Crippen molar-refractivity contribution < 1.29 is 19.2 Å². The van der Waals surface area contributed by atoms with Gasteiger partial charge in [-0.2, -0.15) is 0 Å². The normalized spacial score (nSPS) is 18.4. The van der Waals surface area contributed by atoms with Crippen LogP contribution in [0.4, 0.5) is 16.2 Å². The highest BCUT2D eigenvalue weighted by atomic mass is 16.6. The zero-order valence-electron chi connectivity index (χ0n) is 16.7. The van der Waals surface area contributed by atoms with Crippen LogP contribution in [0.15, 0.2) is 24.3 Å². The molecule has 0 aliphatic carbocycles. The summed E-state index contributed by atoms with van der Waals surface area (Å²) < 4.78 is 5.02. The van der Waals surface area contributed by atoms with Gasteiger partial charge in [0.15, 0.2) is 0 Å². The third-order valence-corrected chi connectivity index (χ3v) is 5.65. The van der Waals surface area contributed by atoms with Crippen molar-refractivity contribution in [3.63, 3.8) is 0 Å². The molecule has 1 aromatic rings. The third-order valence-electron chi connectivity index (χ3n) is 5.65. The van der Waals surface area contributed by atoms with Gasteiger partial charge in [0.25, 0.3) is 5.69 Å². The van der Waals surface area contributed by atoms with Gasteiger partial charge in [-0.3, -0.25) is 14.9 Å². The number of carbonyl (C=O) groups is 2. The number of amides is 2. The first-order chi connectivity index (χ1) is 14.0. The van der Waals surface area contributed by atoms with Gasteiger partial charge in [0.2, 0.25) is 5.91 Å².